The number of rotatable bonds is 3. The molecule has 0 radical (unpaired) electrons. The number of imidazole rings is 2. The minimum absolute atomic E-state index is 0.235. The van der Waals surface area contributed by atoms with Crippen molar-refractivity contribution in [2.75, 3.05) is 0 Å². The molecular weight excluding hydrogens is 382 g/mol. The minimum Gasteiger partial charge on any atom is -0.298 e. The lowest BCUT2D eigenvalue weighted by Gasteiger charge is -2.12. The van der Waals surface area contributed by atoms with Crippen molar-refractivity contribution in [1.29, 1.82) is 0 Å². The number of benzene rings is 1. The molecule has 0 fully saturated rings. The number of aromatic nitrogens is 5. The Bertz CT molecular complexity index is 1390. The summed E-state index contributed by atoms with van der Waals surface area (Å²) >= 11 is 6.36. The Labute approximate surface area is 164 Å². The van der Waals surface area contributed by atoms with Gasteiger partial charge in [0.2, 0.25) is 5.78 Å². The number of nitrogens with zero attached hydrogens (tertiary/aromatic N) is 5. The molecule has 0 unspecified atom stereocenters. The maximum atomic E-state index is 13.1. The molecular formula is C19H18ClN5O3. The molecule has 0 aliphatic heterocycles. The number of carbonyl (C=O) groups excluding carboxylic acids is 1. The van der Waals surface area contributed by atoms with E-state index in [4.69, 9.17) is 11.6 Å². The number of hydrogen-bond acceptors (Lipinski definition) is 4. The number of carbonyl (C=O) groups is 1. The largest absolute Gasteiger partial charge is 0.333 e. The molecule has 0 aliphatic rings. The Balaban J connectivity index is 2.18. The van der Waals surface area contributed by atoms with E-state index < -0.39 is 17.3 Å². The second kappa shape index (κ2) is 6.20. The van der Waals surface area contributed by atoms with Crippen LogP contribution in [0, 0.1) is 6.92 Å². The molecule has 4 aromatic rings. The zero-order valence-electron chi connectivity index (χ0n) is 15.8. The van der Waals surface area contributed by atoms with E-state index in [1.54, 1.807) is 16.7 Å². The number of halogens is 1. The second-order valence-corrected chi connectivity index (χ2v) is 7.22. The predicted molar refractivity (Wildman–Crippen MR) is 107 cm³/mol. The van der Waals surface area contributed by atoms with Crippen LogP contribution in [0.3, 0.4) is 0 Å². The van der Waals surface area contributed by atoms with Crippen molar-refractivity contribution < 1.29 is 4.79 Å². The minimum atomic E-state index is -0.868. The van der Waals surface area contributed by atoms with E-state index in [0.29, 0.717) is 10.8 Å². The van der Waals surface area contributed by atoms with Gasteiger partial charge in [0.1, 0.15) is 0 Å². The maximum absolute atomic E-state index is 13.1. The van der Waals surface area contributed by atoms with Crippen LogP contribution in [0.25, 0.3) is 22.6 Å². The molecule has 144 valence electrons. The summed E-state index contributed by atoms with van der Waals surface area (Å²) in [6.07, 6.45) is 1.77. The molecule has 28 heavy (non-hydrogen) atoms. The zero-order chi connectivity index (χ0) is 20.3. The van der Waals surface area contributed by atoms with E-state index >= 15 is 0 Å². The van der Waals surface area contributed by atoms with Gasteiger partial charge in [-0.2, -0.15) is 4.98 Å². The lowest BCUT2D eigenvalue weighted by Crippen LogP contribution is -2.42. The molecule has 0 spiro atoms. The monoisotopic (exact) mass is 399 g/mol. The average Bonchev–Trinajstić information content (AvgIpc) is 3.15. The van der Waals surface area contributed by atoms with Gasteiger partial charge in [0.05, 0.1) is 16.8 Å². The van der Waals surface area contributed by atoms with Gasteiger partial charge in [-0.15, -0.1) is 0 Å². The quantitative estimate of drug-likeness (QED) is 0.529. The van der Waals surface area contributed by atoms with Gasteiger partial charge in [-0.1, -0.05) is 23.7 Å². The Morgan fingerprint density at radius 2 is 1.89 bits per heavy atom. The van der Waals surface area contributed by atoms with Crippen molar-refractivity contribution in [1.82, 2.24) is 23.1 Å². The Kier molecular flexibility index (Phi) is 4.04. The number of ketones is 1. The second-order valence-electron chi connectivity index (χ2n) is 6.81. The molecule has 1 aromatic carbocycles. The van der Waals surface area contributed by atoms with Crippen LogP contribution in [0.4, 0.5) is 0 Å². The maximum Gasteiger partial charge on any atom is 0.333 e. The van der Waals surface area contributed by atoms with Crippen LogP contribution in [-0.2, 0) is 11.8 Å². The molecule has 0 N–H and O–H groups in total. The third-order valence-electron chi connectivity index (χ3n) is 5.04. The summed E-state index contributed by atoms with van der Waals surface area (Å²) in [4.78, 5) is 42.2. The van der Waals surface area contributed by atoms with Crippen molar-refractivity contribution in [2.45, 2.75) is 26.8 Å². The lowest BCUT2D eigenvalue weighted by atomic mass is 10.2. The lowest BCUT2D eigenvalue weighted by molar-refractivity contribution is -0.119. The molecule has 0 saturated carbocycles. The van der Waals surface area contributed by atoms with Gasteiger partial charge in [-0.25, -0.2) is 9.36 Å². The standard InChI is InChI=1S/C19H18ClN5O3/c1-10-9-23-15-16(21-18(23)24(10)14-8-6-5-7-13(14)20)22(4)19(28)25(17(15)27)11(2)12(3)26/h5-9,11H,1-4H3/t11-/m0/s1. The number of fused-ring (bicyclic) bond motifs is 3. The van der Waals surface area contributed by atoms with Gasteiger partial charge < -0.3 is 0 Å². The molecule has 8 nitrogen and oxygen atoms in total. The molecule has 0 aliphatic carbocycles. The summed E-state index contributed by atoms with van der Waals surface area (Å²) < 4.78 is 5.72. The summed E-state index contributed by atoms with van der Waals surface area (Å²) in [5, 5.41) is 0.534. The van der Waals surface area contributed by atoms with Gasteiger partial charge in [-0.05, 0) is 32.9 Å². The molecule has 0 amide bonds. The van der Waals surface area contributed by atoms with Crippen molar-refractivity contribution in [3.8, 4) is 5.69 Å². The number of aryl methyl sites for hydroxylation is 2. The van der Waals surface area contributed by atoms with Crippen LogP contribution in [0.1, 0.15) is 25.6 Å². The van der Waals surface area contributed by atoms with Gasteiger partial charge >= 0.3 is 5.69 Å². The van der Waals surface area contributed by atoms with E-state index in [0.717, 1.165) is 15.9 Å². The van der Waals surface area contributed by atoms with E-state index in [9.17, 15) is 14.4 Å². The highest BCUT2D eigenvalue weighted by Crippen LogP contribution is 2.26. The summed E-state index contributed by atoms with van der Waals surface area (Å²) in [5.41, 5.74) is 0.884. The van der Waals surface area contributed by atoms with Crippen molar-refractivity contribution in [3.05, 3.63) is 62.0 Å². The fourth-order valence-corrected chi connectivity index (χ4v) is 3.65. The third kappa shape index (κ3) is 2.37. The Morgan fingerprint density at radius 3 is 2.54 bits per heavy atom. The summed E-state index contributed by atoms with van der Waals surface area (Å²) in [7, 11) is 1.53. The highest BCUT2D eigenvalue weighted by Gasteiger charge is 2.24. The van der Waals surface area contributed by atoms with Gasteiger partial charge in [-0.3, -0.25) is 23.1 Å². The molecule has 3 heterocycles. The van der Waals surface area contributed by atoms with Crippen LogP contribution in [0.2, 0.25) is 5.02 Å². The van der Waals surface area contributed by atoms with Crippen molar-refractivity contribution in [3.63, 3.8) is 0 Å². The predicted octanol–water partition coefficient (Wildman–Crippen LogP) is 2.25. The molecule has 1 atom stereocenters. The van der Waals surface area contributed by atoms with Crippen LogP contribution in [0.15, 0.2) is 40.1 Å². The van der Waals surface area contributed by atoms with E-state index in [1.165, 1.54) is 25.5 Å². The van der Waals surface area contributed by atoms with Gasteiger partial charge in [0.25, 0.3) is 5.56 Å². The first-order valence-electron chi connectivity index (χ1n) is 8.71. The summed E-state index contributed by atoms with van der Waals surface area (Å²) in [6, 6.07) is 6.44. The van der Waals surface area contributed by atoms with Crippen LogP contribution in [-0.4, -0.2) is 28.9 Å². The molecule has 0 saturated heterocycles. The highest BCUT2D eigenvalue weighted by atomic mass is 35.5. The molecule has 3 aromatic heterocycles. The van der Waals surface area contributed by atoms with E-state index in [1.807, 2.05) is 29.7 Å². The number of Topliss-reactive ketones (excluding diaryl/α,β-unsaturated/α-hetero) is 1. The molecule has 0 bridgehead atoms. The smallest absolute Gasteiger partial charge is 0.298 e. The third-order valence-corrected chi connectivity index (χ3v) is 5.36. The Hall–Kier alpha value is -3.13. The first kappa shape index (κ1) is 18.2. The number of hydrogen-bond donors (Lipinski definition) is 0. The average molecular weight is 400 g/mol. The van der Waals surface area contributed by atoms with Crippen LogP contribution in [0.5, 0.6) is 0 Å². The zero-order valence-corrected chi connectivity index (χ0v) is 16.6. The van der Waals surface area contributed by atoms with Gasteiger partial charge in [0, 0.05) is 18.9 Å². The Morgan fingerprint density at radius 1 is 1.21 bits per heavy atom. The van der Waals surface area contributed by atoms with E-state index in [-0.39, 0.29) is 16.9 Å². The first-order valence-corrected chi connectivity index (χ1v) is 9.08. The first-order chi connectivity index (χ1) is 13.2. The number of para-hydroxylation sites is 1. The van der Waals surface area contributed by atoms with E-state index in [2.05, 4.69) is 4.98 Å². The molecule has 9 heteroatoms. The van der Waals surface area contributed by atoms with Crippen LogP contribution < -0.4 is 11.2 Å². The topological polar surface area (TPSA) is 83.3 Å². The highest BCUT2D eigenvalue weighted by molar-refractivity contribution is 6.32. The molecule has 4 rings (SSSR count). The van der Waals surface area contributed by atoms with Crippen molar-refractivity contribution in [2.24, 2.45) is 7.05 Å². The fourth-order valence-electron chi connectivity index (χ4n) is 3.43. The summed E-state index contributed by atoms with van der Waals surface area (Å²) in [6.45, 7) is 4.77. The summed E-state index contributed by atoms with van der Waals surface area (Å²) in [5.74, 6) is 0.185. The van der Waals surface area contributed by atoms with Gasteiger partial charge in [0.15, 0.2) is 16.9 Å². The normalized spacial score (nSPS) is 12.8. The fraction of sp³-hybridized carbons (Fsp3) is 0.263. The van der Waals surface area contributed by atoms with Crippen molar-refractivity contribution >= 4 is 34.3 Å². The SMILES string of the molecule is CC(=O)[C@H](C)n1c(=O)c2c(nc3n(-c4ccccc4Cl)c(C)cn23)n(C)c1=O. The van der Waals surface area contributed by atoms with Crippen LogP contribution >= 0.6 is 11.6 Å².